The van der Waals surface area contributed by atoms with Crippen molar-refractivity contribution in [3.8, 4) is 5.75 Å². The molecule has 0 spiro atoms. The molecular formula is C25H29BrN2O4. The molecule has 32 heavy (non-hydrogen) atoms. The van der Waals surface area contributed by atoms with Gasteiger partial charge >= 0.3 is 5.97 Å². The molecule has 0 atom stereocenters. The average molecular weight is 501 g/mol. The molecule has 0 unspecified atom stereocenters. The Hall–Kier alpha value is -2.38. The Morgan fingerprint density at radius 1 is 1.16 bits per heavy atom. The molecular weight excluding hydrogens is 472 g/mol. The highest BCUT2D eigenvalue weighted by Gasteiger charge is 2.23. The van der Waals surface area contributed by atoms with Crippen molar-refractivity contribution in [2.24, 2.45) is 0 Å². The van der Waals surface area contributed by atoms with Crippen LogP contribution in [-0.4, -0.2) is 61.0 Å². The lowest BCUT2D eigenvalue weighted by Crippen LogP contribution is -2.49. The van der Waals surface area contributed by atoms with Gasteiger partial charge < -0.3 is 14.4 Å². The Morgan fingerprint density at radius 2 is 1.94 bits per heavy atom. The molecule has 1 amide bonds. The van der Waals surface area contributed by atoms with E-state index in [4.69, 9.17) is 9.47 Å². The van der Waals surface area contributed by atoms with Crippen molar-refractivity contribution in [2.45, 2.75) is 33.3 Å². The van der Waals surface area contributed by atoms with Crippen LogP contribution in [-0.2, 0) is 29.0 Å². The van der Waals surface area contributed by atoms with Crippen LogP contribution in [0.5, 0.6) is 5.75 Å². The zero-order chi connectivity index (χ0) is 22.7. The van der Waals surface area contributed by atoms with Gasteiger partial charge in [0.1, 0.15) is 12.4 Å². The van der Waals surface area contributed by atoms with Crippen LogP contribution < -0.4 is 4.74 Å². The van der Waals surface area contributed by atoms with Crippen LogP contribution in [0.3, 0.4) is 0 Å². The van der Waals surface area contributed by atoms with Gasteiger partial charge in [0.25, 0.3) is 0 Å². The van der Waals surface area contributed by atoms with Gasteiger partial charge in [0.15, 0.2) is 0 Å². The van der Waals surface area contributed by atoms with E-state index in [0.29, 0.717) is 25.2 Å². The molecule has 4 rings (SSSR count). The second-order valence-electron chi connectivity index (χ2n) is 8.36. The Balaban J connectivity index is 1.28. The fourth-order valence-electron chi connectivity index (χ4n) is 4.25. The molecule has 7 heteroatoms. The summed E-state index contributed by atoms with van der Waals surface area (Å²) in [7, 11) is 0. The van der Waals surface area contributed by atoms with Crippen LogP contribution in [0.4, 0.5) is 0 Å². The van der Waals surface area contributed by atoms with Gasteiger partial charge in [-0.3, -0.25) is 9.69 Å². The first kappa shape index (κ1) is 22.8. The lowest BCUT2D eigenvalue weighted by molar-refractivity contribution is -0.132. The van der Waals surface area contributed by atoms with Crippen molar-refractivity contribution < 1.29 is 19.1 Å². The predicted octanol–water partition coefficient (Wildman–Crippen LogP) is 3.76. The number of fused-ring (bicyclic) bond motifs is 1. The zero-order valence-electron chi connectivity index (χ0n) is 18.7. The average Bonchev–Trinajstić information content (AvgIpc) is 3.16. The van der Waals surface area contributed by atoms with Crippen molar-refractivity contribution in [2.75, 3.05) is 39.3 Å². The largest absolute Gasteiger partial charge is 0.494 e. The number of carbonyl (C=O) groups is 2. The minimum atomic E-state index is -0.223. The van der Waals surface area contributed by atoms with Crippen molar-refractivity contribution >= 4 is 27.8 Å². The van der Waals surface area contributed by atoms with Gasteiger partial charge in [0.2, 0.25) is 5.91 Å². The van der Waals surface area contributed by atoms with Crippen LogP contribution in [0.25, 0.3) is 0 Å². The first-order valence-electron chi connectivity index (χ1n) is 11.2. The number of esters is 1. The SMILES string of the molecule is CCOc1cc(C)c(Br)cc1CC(=O)N1CCN(CCc2ccc3c(c2)COC3=O)CC1. The van der Waals surface area contributed by atoms with Gasteiger partial charge in [-0.25, -0.2) is 4.79 Å². The maximum Gasteiger partial charge on any atom is 0.338 e. The summed E-state index contributed by atoms with van der Waals surface area (Å²) >= 11 is 3.57. The Morgan fingerprint density at radius 3 is 2.69 bits per heavy atom. The monoisotopic (exact) mass is 500 g/mol. The molecule has 0 bridgehead atoms. The minimum absolute atomic E-state index is 0.143. The maximum absolute atomic E-state index is 12.9. The van der Waals surface area contributed by atoms with Crippen LogP contribution in [0.1, 0.15) is 39.5 Å². The molecule has 2 aromatic carbocycles. The summed E-state index contributed by atoms with van der Waals surface area (Å²) in [5.41, 5.74) is 4.91. The number of piperazine rings is 1. The summed E-state index contributed by atoms with van der Waals surface area (Å²) in [6.45, 7) is 9.09. The Labute approximate surface area is 197 Å². The standard InChI is InChI=1S/C25H29BrN2O4/c1-3-31-23-12-17(2)22(26)14-19(23)15-24(29)28-10-8-27(9-11-28)7-6-18-4-5-21-20(13-18)16-32-25(21)30/h4-5,12-14H,3,6-11,15-16H2,1-2H3. The number of benzene rings is 2. The first-order chi connectivity index (χ1) is 15.4. The van der Waals surface area contributed by atoms with Crippen molar-refractivity contribution in [1.29, 1.82) is 0 Å². The molecule has 0 saturated carbocycles. The number of halogens is 1. The normalized spacial score (nSPS) is 16.1. The van der Waals surface area contributed by atoms with Gasteiger partial charge in [-0.2, -0.15) is 0 Å². The molecule has 0 aromatic heterocycles. The second-order valence-corrected chi connectivity index (χ2v) is 9.21. The summed E-state index contributed by atoms with van der Waals surface area (Å²) in [5, 5.41) is 0. The number of hydrogen-bond donors (Lipinski definition) is 0. The molecule has 2 aliphatic rings. The van der Waals surface area contributed by atoms with E-state index in [1.165, 1.54) is 5.56 Å². The second kappa shape index (κ2) is 10.0. The van der Waals surface area contributed by atoms with E-state index in [-0.39, 0.29) is 11.9 Å². The maximum atomic E-state index is 12.9. The van der Waals surface area contributed by atoms with Gasteiger partial charge in [0, 0.05) is 48.3 Å². The molecule has 170 valence electrons. The summed E-state index contributed by atoms with van der Waals surface area (Å²) in [4.78, 5) is 28.9. The molecule has 6 nitrogen and oxygen atoms in total. The third kappa shape index (κ3) is 5.15. The van der Waals surface area contributed by atoms with Crippen LogP contribution in [0.2, 0.25) is 0 Å². The van der Waals surface area contributed by atoms with Crippen LogP contribution in [0.15, 0.2) is 34.8 Å². The molecule has 1 saturated heterocycles. The van der Waals surface area contributed by atoms with Crippen LogP contribution in [0, 0.1) is 6.92 Å². The molecule has 0 N–H and O–H groups in total. The fraction of sp³-hybridized carbons (Fsp3) is 0.440. The number of cyclic esters (lactones) is 1. The smallest absolute Gasteiger partial charge is 0.338 e. The third-order valence-electron chi connectivity index (χ3n) is 6.17. The van der Waals surface area contributed by atoms with Gasteiger partial charge in [0.05, 0.1) is 18.6 Å². The van der Waals surface area contributed by atoms with E-state index < -0.39 is 0 Å². The van der Waals surface area contributed by atoms with Crippen LogP contribution >= 0.6 is 15.9 Å². The van der Waals surface area contributed by atoms with E-state index >= 15 is 0 Å². The number of aryl methyl sites for hydroxylation is 1. The van der Waals surface area contributed by atoms with Gasteiger partial charge in [-0.15, -0.1) is 0 Å². The fourth-order valence-corrected chi connectivity index (χ4v) is 4.64. The van der Waals surface area contributed by atoms with E-state index in [1.54, 1.807) is 0 Å². The third-order valence-corrected chi connectivity index (χ3v) is 7.03. The molecule has 2 heterocycles. The predicted molar refractivity (Wildman–Crippen MR) is 126 cm³/mol. The van der Waals surface area contributed by atoms with E-state index in [9.17, 15) is 9.59 Å². The quantitative estimate of drug-likeness (QED) is 0.541. The highest BCUT2D eigenvalue weighted by molar-refractivity contribution is 9.10. The van der Waals surface area contributed by atoms with Crippen molar-refractivity contribution in [1.82, 2.24) is 9.80 Å². The molecule has 1 fully saturated rings. The van der Waals surface area contributed by atoms with Gasteiger partial charge in [-0.05, 0) is 49.6 Å². The minimum Gasteiger partial charge on any atom is -0.494 e. The number of hydrogen-bond acceptors (Lipinski definition) is 5. The lowest BCUT2D eigenvalue weighted by Gasteiger charge is -2.35. The van der Waals surface area contributed by atoms with E-state index in [1.807, 2.05) is 43.0 Å². The summed E-state index contributed by atoms with van der Waals surface area (Å²) in [5.74, 6) is 0.713. The van der Waals surface area contributed by atoms with E-state index in [2.05, 4.69) is 26.9 Å². The topological polar surface area (TPSA) is 59.1 Å². The van der Waals surface area contributed by atoms with Crippen molar-refractivity contribution in [3.63, 3.8) is 0 Å². The number of ether oxygens (including phenoxy) is 2. The first-order valence-corrected chi connectivity index (χ1v) is 11.9. The number of rotatable bonds is 7. The highest BCUT2D eigenvalue weighted by atomic mass is 79.9. The Kier molecular flexibility index (Phi) is 7.16. The number of carbonyl (C=O) groups excluding carboxylic acids is 2. The molecule has 2 aliphatic heterocycles. The Bertz CT molecular complexity index is 1020. The highest BCUT2D eigenvalue weighted by Crippen LogP contribution is 2.28. The molecule has 2 aromatic rings. The summed E-state index contributed by atoms with van der Waals surface area (Å²) in [6, 6.07) is 9.96. The lowest BCUT2D eigenvalue weighted by atomic mass is 10.0. The summed E-state index contributed by atoms with van der Waals surface area (Å²) in [6.07, 6.45) is 1.27. The van der Waals surface area contributed by atoms with E-state index in [0.717, 1.165) is 66.1 Å². The summed E-state index contributed by atoms with van der Waals surface area (Å²) < 4.78 is 11.8. The zero-order valence-corrected chi connectivity index (χ0v) is 20.2. The van der Waals surface area contributed by atoms with Gasteiger partial charge in [-0.1, -0.05) is 28.1 Å². The molecule has 0 radical (unpaired) electrons. The molecule has 0 aliphatic carbocycles. The van der Waals surface area contributed by atoms with Crippen molar-refractivity contribution in [3.05, 3.63) is 62.6 Å². The number of nitrogens with zero attached hydrogens (tertiary/aromatic N) is 2. The number of amides is 1.